The Balaban J connectivity index is 0.000000602. The topological polar surface area (TPSA) is 0 Å². The predicted molar refractivity (Wildman–Crippen MR) is 73.8 cm³/mol. The molecule has 98 valence electrons. The van der Waals surface area contributed by atoms with Crippen molar-refractivity contribution < 1.29 is 50.7 Å². The standard InChI is InChI=1S/C14H10ClSi.2ClH.Hf/c1-16(15)13-7-6-11-10-5-3-2-4-9(10)8-12(11)14(13)16;;;/h2-8H,1H3;2*1H;/q-1;;;/p-2. The van der Waals surface area contributed by atoms with Crippen LogP contribution in [0.1, 0.15) is 0 Å². The summed E-state index contributed by atoms with van der Waals surface area (Å²) in [5, 5.41) is 8.34. The zero-order valence-electron chi connectivity index (χ0n) is 10.2. The van der Waals surface area contributed by atoms with E-state index in [4.69, 9.17) is 11.1 Å². The number of hydrogen-bond acceptors (Lipinski definition) is 0. The van der Waals surface area contributed by atoms with Crippen LogP contribution in [0.4, 0.5) is 0 Å². The first-order valence-corrected chi connectivity index (χ1v) is 9.02. The first kappa shape index (κ1) is 17.3. The Hall–Kier alpha value is 0.267. The molecule has 3 aromatic carbocycles. The van der Waals surface area contributed by atoms with Crippen molar-refractivity contribution in [3.63, 3.8) is 0 Å². The smallest absolute Gasteiger partial charge is 0.171 e. The first-order chi connectivity index (χ1) is 7.69. The Labute approximate surface area is 149 Å². The minimum absolute atomic E-state index is 0. The summed E-state index contributed by atoms with van der Waals surface area (Å²) >= 11 is 6.58. The van der Waals surface area contributed by atoms with Gasteiger partial charge in [-0.15, -0.1) is 33.7 Å². The maximum Gasteiger partial charge on any atom is 0.171 e. The second kappa shape index (κ2) is 5.57. The van der Waals surface area contributed by atoms with E-state index in [-0.39, 0.29) is 50.7 Å². The van der Waals surface area contributed by atoms with Gasteiger partial charge in [0.1, 0.15) is 0 Å². The zero-order valence-corrected chi connectivity index (χ0v) is 17.0. The summed E-state index contributed by atoms with van der Waals surface area (Å²) < 4.78 is 0. The molecule has 0 saturated carbocycles. The summed E-state index contributed by atoms with van der Waals surface area (Å²) in [7, 11) is -1.65. The largest absolute Gasteiger partial charge is 1.00 e. The Morgan fingerprint density at radius 1 is 1.00 bits per heavy atom. The Morgan fingerprint density at radius 2 is 1.68 bits per heavy atom. The van der Waals surface area contributed by atoms with Crippen LogP contribution in [-0.4, -0.2) is 7.38 Å². The second-order valence-corrected chi connectivity index (χ2v) is 10.00. The van der Waals surface area contributed by atoms with Crippen molar-refractivity contribution >= 4 is 50.4 Å². The minimum Gasteiger partial charge on any atom is -1.00 e. The molecular formula is C14H10Cl3HfSi-3. The molecule has 0 aromatic heterocycles. The van der Waals surface area contributed by atoms with Gasteiger partial charge in [-0.25, -0.2) is 0 Å². The predicted octanol–water partition coefficient (Wildman–Crippen LogP) is -3.04. The van der Waals surface area contributed by atoms with Crippen molar-refractivity contribution in [2.24, 2.45) is 0 Å². The fraction of sp³-hybridized carbons (Fsp3) is 0.0714. The number of halogens is 3. The van der Waals surface area contributed by atoms with Gasteiger partial charge in [-0.2, -0.15) is 11.1 Å². The van der Waals surface area contributed by atoms with Gasteiger partial charge in [0.25, 0.3) is 0 Å². The first-order valence-electron chi connectivity index (χ1n) is 5.50. The summed E-state index contributed by atoms with van der Waals surface area (Å²) in [6.45, 7) is 2.22. The molecule has 4 rings (SSSR count). The third-order valence-electron chi connectivity index (χ3n) is 3.71. The van der Waals surface area contributed by atoms with Crippen LogP contribution < -0.4 is 35.2 Å². The second-order valence-electron chi connectivity index (χ2n) is 4.68. The van der Waals surface area contributed by atoms with E-state index >= 15 is 0 Å². The summed E-state index contributed by atoms with van der Waals surface area (Å²) in [5.41, 5.74) is 0. The molecule has 0 bridgehead atoms. The van der Waals surface area contributed by atoms with E-state index in [9.17, 15) is 0 Å². The molecular weight excluding hydrogens is 481 g/mol. The molecule has 1 aliphatic heterocycles. The average molecular weight is 491 g/mol. The van der Waals surface area contributed by atoms with E-state index in [2.05, 4.69) is 49.0 Å². The van der Waals surface area contributed by atoms with Gasteiger partial charge in [0, 0.05) is 25.8 Å². The van der Waals surface area contributed by atoms with Gasteiger partial charge in [-0.1, -0.05) is 47.3 Å². The van der Waals surface area contributed by atoms with Gasteiger partial charge in [0.05, 0.1) is 0 Å². The Morgan fingerprint density at radius 3 is 2.42 bits per heavy atom. The fourth-order valence-electron chi connectivity index (χ4n) is 2.81. The number of fused-ring (bicyclic) bond motifs is 5. The fourth-order valence-corrected chi connectivity index (χ4v) is 6.63. The molecule has 1 heterocycles. The summed E-state index contributed by atoms with van der Waals surface area (Å²) in [5.74, 6) is 0. The van der Waals surface area contributed by atoms with E-state index in [0.29, 0.717) is 0 Å². The van der Waals surface area contributed by atoms with Crippen molar-refractivity contribution in [1.29, 1.82) is 0 Å². The molecule has 0 N–H and O–H groups in total. The van der Waals surface area contributed by atoms with Crippen LogP contribution in [0.15, 0.2) is 42.5 Å². The number of benzene rings is 2. The monoisotopic (exact) mass is 491 g/mol. The third kappa shape index (κ3) is 2.26. The molecule has 0 saturated heterocycles. The van der Waals surface area contributed by atoms with Gasteiger partial charge in [-0.3, -0.25) is 0 Å². The molecule has 0 fully saturated rings. The molecule has 3 aromatic rings. The summed E-state index contributed by atoms with van der Waals surface area (Å²) in [6, 6.07) is 15.3. The van der Waals surface area contributed by atoms with Crippen molar-refractivity contribution in [3.8, 4) is 0 Å². The maximum atomic E-state index is 6.58. The molecule has 0 radical (unpaired) electrons. The summed E-state index contributed by atoms with van der Waals surface area (Å²) in [4.78, 5) is 0. The molecule has 0 aliphatic carbocycles. The molecule has 0 spiro atoms. The van der Waals surface area contributed by atoms with Crippen LogP contribution in [0.5, 0.6) is 0 Å². The molecule has 1 aliphatic rings. The minimum atomic E-state index is -1.65. The SMILES string of the molecule is C[Si]1(Cl)c2ccc3c([cH-]c4ccccc43)c21.[Cl-].[Cl-].[Hf]. The summed E-state index contributed by atoms with van der Waals surface area (Å²) in [6.07, 6.45) is 0. The van der Waals surface area contributed by atoms with Crippen LogP contribution in [0.3, 0.4) is 0 Å². The number of rotatable bonds is 0. The van der Waals surface area contributed by atoms with E-state index in [1.54, 1.807) is 0 Å². The zero-order chi connectivity index (χ0) is 10.9. The molecule has 0 nitrogen and oxygen atoms in total. The normalized spacial score (nSPS) is 19.1. The van der Waals surface area contributed by atoms with Crippen molar-refractivity contribution in [1.82, 2.24) is 0 Å². The Kier molecular flexibility index (Phi) is 5.08. The van der Waals surface area contributed by atoms with E-state index in [1.165, 1.54) is 31.9 Å². The van der Waals surface area contributed by atoms with Gasteiger partial charge >= 0.3 is 0 Å². The van der Waals surface area contributed by atoms with Crippen molar-refractivity contribution in [2.45, 2.75) is 6.55 Å². The van der Waals surface area contributed by atoms with E-state index in [1.807, 2.05) is 0 Å². The molecule has 1 unspecified atom stereocenters. The third-order valence-corrected chi connectivity index (χ3v) is 7.54. The van der Waals surface area contributed by atoms with Crippen LogP contribution in [0.25, 0.3) is 21.5 Å². The molecule has 0 amide bonds. The van der Waals surface area contributed by atoms with Crippen LogP contribution in [0, 0.1) is 0 Å². The number of hydrogen-bond donors (Lipinski definition) is 0. The van der Waals surface area contributed by atoms with Gasteiger partial charge in [-0.05, 0) is 0 Å². The van der Waals surface area contributed by atoms with Crippen LogP contribution in [0.2, 0.25) is 6.55 Å². The quantitative estimate of drug-likeness (QED) is 0.179. The maximum absolute atomic E-state index is 6.58. The molecule has 1 atom stereocenters. The van der Waals surface area contributed by atoms with Crippen molar-refractivity contribution in [3.05, 3.63) is 42.5 Å². The van der Waals surface area contributed by atoms with Crippen LogP contribution in [-0.2, 0) is 25.8 Å². The molecule has 19 heavy (non-hydrogen) atoms. The van der Waals surface area contributed by atoms with Crippen molar-refractivity contribution in [2.75, 3.05) is 0 Å². The molecule has 5 heteroatoms. The van der Waals surface area contributed by atoms with Gasteiger partial charge < -0.3 is 24.8 Å². The Bertz CT molecular complexity index is 749. The van der Waals surface area contributed by atoms with E-state index < -0.39 is 7.38 Å². The van der Waals surface area contributed by atoms with Gasteiger partial charge in [0.2, 0.25) is 0 Å². The van der Waals surface area contributed by atoms with E-state index in [0.717, 1.165) is 0 Å². The van der Waals surface area contributed by atoms with Crippen LogP contribution >= 0.6 is 11.1 Å². The van der Waals surface area contributed by atoms with Gasteiger partial charge in [0.15, 0.2) is 7.38 Å². The average Bonchev–Trinajstić information content (AvgIpc) is 2.70.